The smallest absolute Gasteiger partial charge is 0.407 e. The van der Waals surface area contributed by atoms with Crippen LogP contribution in [0.3, 0.4) is 0 Å². The van der Waals surface area contributed by atoms with Crippen molar-refractivity contribution in [3.05, 3.63) is 17.7 Å². The number of nitrogens with one attached hydrogen (secondary N) is 1. The van der Waals surface area contributed by atoms with Crippen molar-refractivity contribution in [1.82, 2.24) is 15.1 Å². The van der Waals surface area contributed by atoms with Gasteiger partial charge in [0.05, 0.1) is 21.3 Å². The number of amides is 3. The maximum Gasteiger partial charge on any atom is 0.407 e. The molecule has 0 saturated carbocycles. The van der Waals surface area contributed by atoms with Crippen LogP contribution in [0, 0.1) is 0 Å². The van der Waals surface area contributed by atoms with E-state index < -0.39 is 11.7 Å². The number of ether oxygens (including phenoxy) is 4. The maximum absolute atomic E-state index is 13.0. The second-order valence-electron chi connectivity index (χ2n) is 8.27. The number of hydrogen-bond acceptors (Lipinski definition) is 7. The molecule has 178 valence electrons. The second kappa shape index (κ2) is 10.9. The molecule has 0 aliphatic carbocycles. The molecule has 1 saturated heterocycles. The standard InChI is InChI=1S/C22H33N3O7/c1-22(2,3)32-21(28)23-8-7-18(26)24-9-11-25(12-10-24)20(27)15-13-16(29-4)19(31-6)17(14-15)30-5/h13-14H,7-12H2,1-6H3,(H,23,28). The van der Waals surface area contributed by atoms with Gasteiger partial charge in [0.1, 0.15) is 5.60 Å². The van der Waals surface area contributed by atoms with Crippen molar-refractivity contribution in [3.63, 3.8) is 0 Å². The molecular weight excluding hydrogens is 418 g/mol. The lowest BCUT2D eigenvalue weighted by molar-refractivity contribution is -0.132. The van der Waals surface area contributed by atoms with Crippen LogP contribution in [0.1, 0.15) is 37.6 Å². The molecule has 1 heterocycles. The minimum atomic E-state index is -0.588. The Bertz CT molecular complexity index is 802. The van der Waals surface area contributed by atoms with E-state index in [4.69, 9.17) is 18.9 Å². The predicted octanol–water partition coefficient (Wildman–Crippen LogP) is 1.91. The van der Waals surface area contributed by atoms with Crippen LogP contribution in [-0.2, 0) is 9.53 Å². The van der Waals surface area contributed by atoms with Gasteiger partial charge < -0.3 is 34.1 Å². The van der Waals surface area contributed by atoms with E-state index >= 15 is 0 Å². The van der Waals surface area contributed by atoms with Crippen molar-refractivity contribution in [1.29, 1.82) is 0 Å². The first kappa shape index (κ1) is 25.1. The summed E-state index contributed by atoms with van der Waals surface area (Å²) >= 11 is 0. The third-order valence-corrected chi connectivity index (χ3v) is 4.84. The summed E-state index contributed by atoms with van der Waals surface area (Å²) in [5.74, 6) is 0.967. The van der Waals surface area contributed by atoms with Gasteiger partial charge in [0.2, 0.25) is 11.7 Å². The first-order valence-electron chi connectivity index (χ1n) is 10.4. The van der Waals surface area contributed by atoms with Gasteiger partial charge in [-0.25, -0.2) is 4.79 Å². The number of nitrogens with zero attached hydrogens (tertiary/aromatic N) is 2. The molecule has 0 bridgehead atoms. The van der Waals surface area contributed by atoms with Crippen molar-refractivity contribution in [2.24, 2.45) is 0 Å². The van der Waals surface area contributed by atoms with Gasteiger partial charge in [-0.05, 0) is 32.9 Å². The third kappa shape index (κ3) is 6.66. The summed E-state index contributed by atoms with van der Waals surface area (Å²) in [7, 11) is 4.49. The highest BCUT2D eigenvalue weighted by atomic mass is 16.6. The minimum Gasteiger partial charge on any atom is -0.493 e. The highest BCUT2D eigenvalue weighted by molar-refractivity contribution is 5.96. The third-order valence-electron chi connectivity index (χ3n) is 4.84. The lowest BCUT2D eigenvalue weighted by Crippen LogP contribution is -2.51. The Kier molecular flexibility index (Phi) is 8.56. The fourth-order valence-corrected chi connectivity index (χ4v) is 3.29. The van der Waals surface area contributed by atoms with Crippen LogP contribution < -0.4 is 19.5 Å². The van der Waals surface area contributed by atoms with Crippen LogP contribution in [0.25, 0.3) is 0 Å². The topological polar surface area (TPSA) is 107 Å². The molecule has 2 rings (SSSR count). The van der Waals surface area contributed by atoms with Crippen LogP contribution in [0.5, 0.6) is 17.2 Å². The molecule has 1 aliphatic heterocycles. The van der Waals surface area contributed by atoms with Crippen molar-refractivity contribution in [3.8, 4) is 17.2 Å². The van der Waals surface area contributed by atoms with E-state index in [0.717, 1.165) is 0 Å². The summed E-state index contributed by atoms with van der Waals surface area (Å²) < 4.78 is 21.1. The second-order valence-corrected chi connectivity index (χ2v) is 8.27. The van der Waals surface area contributed by atoms with Crippen LogP contribution in [0.15, 0.2) is 12.1 Å². The van der Waals surface area contributed by atoms with E-state index in [-0.39, 0.29) is 24.8 Å². The normalized spacial score (nSPS) is 13.9. The summed E-state index contributed by atoms with van der Waals surface area (Å²) in [5.41, 5.74) is -0.171. The molecule has 0 radical (unpaired) electrons. The molecule has 3 amide bonds. The van der Waals surface area contributed by atoms with E-state index in [1.165, 1.54) is 21.3 Å². The van der Waals surface area contributed by atoms with Crippen molar-refractivity contribution < 1.29 is 33.3 Å². The molecule has 0 spiro atoms. The van der Waals surface area contributed by atoms with Gasteiger partial charge in [0.25, 0.3) is 5.91 Å². The highest BCUT2D eigenvalue weighted by Gasteiger charge is 2.26. The van der Waals surface area contributed by atoms with Crippen LogP contribution in [0.4, 0.5) is 4.79 Å². The number of hydrogen-bond donors (Lipinski definition) is 1. The summed E-state index contributed by atoms with van der Waals surface area (Å²) in [6.45, 7) is 7.16. The Morgan fingerprint density at radius 3 is 1.91 bits per heavy atom. The van der Waals surface area contributed by atoms with Gasteiger partial charge in [-0.3, -0.25) is 9.59 Å². The number of benzene rings is 1. The van der Waals surface area contributed by atoms with E-state index in [0.29, 0.717) is 49.0 Å². The highest BCUT2D eigenvalue weighted by Crippen LogP contribution is 2.38. The van der Waals surface area contributed by atoms with Gasteiger partial charge >= 0.3 is 6.09 Å². The minimum absolute atomic E-state index is 0.0825. The zero-order valence-electron chi connectivity index (χ0n) is 19.6. The zero-order valence-corrected chi connectivity index (χ0v) is 19.6. The number of rotatable bonds is 7. The summed E-state index contributed by atoms with van der Waals surface area (Å²) in [6.07, 6.45) is -0.383. The maximum atomic E-state index is 13.0. The van der Waals surface area contributed by atoms with Crippen molar-refractivity contribution in [2.75, 3.05) is 54.1 Å². The number of carbonyl (C=O) groups is 3. The van der Waals surface area contributed by atoms with Crippen LogP contribution in [-0.4, -0.2) is 87.4 Å². The summed E-state index contributed by atoms with van der Waals surface area (Å²) in [5, 5.41) is 2.58. The van der Waals surface area contributed by atoms with Gasteiger partial charge in [-0.15, -0.1) is 0 Å². The molecule has 1 aromatic carbocycles. The Morgan fingerprint density at radius 1 is 0.906 bits per heavy atom. The van der Waals surface area contributed by atoms with Crippen molar-refractivity contribution >= 4 is 17.9 Å². The molecule has 1 aromatic rings. The van der Waals surface area contributed by atoms with Gasteiger partial charge in [-0.1, -0.05) is 0 Å². The number of alkyl carbamates (subject to hydrolysis) is 1. The number of carbonyl (C=O) groups excluding carboxylic acids is 3. The van der Waals surface area contributed by atoms with Gasteiger partial charge in [-0.2, -0.15) is 0 Å². The quantitative estimate of drug-likeness (QED) is 0.675. The Balaban J connectivity index is 1.89. The average molecular weight is 452 g/mol. The molecule has 0 unspecified atom stereocenters. The Morgan fingerprint density at radius 2 is 1.44 bits per heavy atom. The molecule has 1 fully saturated rings. The Hall–Kier alpha value is -3.17. The summed E-state index contributed by atoms with van der Waals surface area (Å²) in [6, 6.07) is 3.23. The van der Waals surface area contributed by atoms with Gasteiger partial charge in [0.15, 0.2) is 11.5 Å². The van der Waals surface area contributed by atoms with E-state index in [1.54, 1.807) is 42.7 Å². The van der Waals surface area contributed by atoms with Crippen LogP contribution in [0.2, 0.25) is 0 Å². The largest absolute Gasteiger partial charge is 0.493 e. The lowest BCUT2D eigenvalue weighted by Gasteiger charge is -2.35. The summed E-state index contributed by atoms with van der Waals surface area (Å²) in [4.78, 5) is 40.5. The molecule has 10 nitrogen and oxygen atoms in total. The lowest BCUT2D eigenvalue weighted by atomic mass is 10.1. The molecular formula is C22H33N3O7. The number of piperazine rings is 1. The van der Waals surface area contributed by atoms with E-state index in [9.17, 15) is 14.4 Å². The predicted molar refractivity (Wildman–Crippen MR) is 117 cm³/mol. The fourth-order valence-electron chi connectivity index (χ4n) is 3.29. The first-order valence-corrected chi connectivity index (χ1v) is 10.4. The average Bonchev–Trinajstić information content (AvgIpc) is 2.76. The zero-order chi connectivity index (χ0) is 23.9. The first-order chi connectivity index (χ1) is 15.1. The van der Waals surface area contributed by atoms with E-state index in [2.05, 4.69) is 5.32 Å². The Labute approximate surface area is 188 Å². The van der Waals surface area contributed by atoms with Crippen LogP contribution >= 0.6 is 0 Å². The molecule has 0 atom stereocenters. The molecule has 0 aromatic heterocycles. The monoisotopic (exact) mass is 451 g/mol. The van der Waals surface area contributed by atoms with E-state index in [1.807, 2.05) is 0 Å². The van der Waals surface area contributed by atoms with Gasteiger partial charge in [0, 0.05) is 44.7 Å². The molecule has 1 N–H and O–H groups in total. The molecule has 10 heteroatoms. The number of methoxy groups -OCH3 is 3. The molecule has 1 aliphatic rings. The molecule has 32 heavy (non-hydrogen) atoms. The van der Waals surface area contributed by atoms with Crippen molar-refractivity contribution in [2.45, 2.75) is 32.8 Å². The fraction of sp³-hybridized carbons (Fsp3) is 0.591. The SMILES string of the molecule is COc1cc(C(=O)N2CCN(C(=O)CCNC(=O)OC(C)(C)C)CC2)cc(OC)c1OC.